The number of pyridine rings is 1. The highest BCUT2D eigenvalue weighted by Crippen LogP contribution is 2.18. The van der Waals surface area contributed by atoms with E-state index < -0.39 is 5.97 Å². The van der Waals surface area contributed by atoms with E-state index in [0.717, 1.165) is 5.56 Å². The second-order valence-corrected chi connectivity index (χ2v) is 4.59. The SMILES string of the molecule is O=C(O)c1cncc(C#Cc2ccccc2)c1-n1cccc1. The molecular formula is C18H12N2O2. The summed E-state index contributed by atoms with van der Waals surface area (Å²) in [5.74, 6) is 5.02. The lowest BCUT2D eigenvalue weighted by Gasteiger charge is -2.09. The van der Waals surface area contributed by atoms with Gasteiger partial charge in [0.15, 0.2) is 0 Å². The van der Waals surface area contributed by atoms with Gasteiger partial charge in [-0.25, -0.2) is 4.79 Å². The maximum atomic E-state index is 11.4. The van der Waals surface area contributed by atoms with Crippen LogP contribution in [0, 0.1) is 11.8 Å². The first-order valence-corrected chi connectivity index (χ1v) is 6.67. The highest BCUT2D eigenvalue weighted by atomic mass is 16.4. The Labute approximate surface area is 127 Å². The van der Waals surface area contributed by atoms with Gasteiger partial charge in [-0.2, -0.15) is 0 Å². The predicted octanol–water partition coefficient (Wildman–Crippen LogP) is 2.97. The molecular weight excluding hydrogens is 276 g/mol. The summed E-state index contributed by atoms with van der Waals surface area (Å²) in [6.07, 6.45) is 6.49. The fourth-order valence-corrected chi connectivity index (χ4v) is 2.12. The van der Waals surface area contributed by atoms with Gasteiger partial charge in [-0.05, 0) is 24.3 Å². The highest BCUT2D eigenvalue weighted by molar-refractivity contribution is 5.92. The van der Waals surface area contributed by atoms with Crippen molar-refractivity contribution in [2.24, 2.45) is 0 Å². The molecule has 0 bridgehead atoms. The van der Waals surface area contributed by atoms with Crippen molar-refractivity contribution in [3.05, 3.63) is 83.9 Å². The quantitative estimate of drug-likeness (QED) is 0.738. The molecule has 0 amide bonds. The van der Waals surface area contributed by atoms with Crippen molar-refractivity contribution >= 4 is 5.97 Å². The van der Waals surface area contributed by atoms with Crippen molar-refractivity contribution in [3.8, 4) is 17.5 Å². The molecule has 0 radical (unpaired) electrons. The van der Waals surface area contributed by atoms with Crippen molar-refractivity contribution in [2.75, 3.05) is 0 Å². The molecule has 2 heterocycles. The van der Waals surface area contributed by atoms with Crippen molar-refractivity contribution in [2.45, 2.75) is 0 Å². The largest absolute Gasteiger partial charge is 0.478 e. The number of carboxylic acids is 1. The predicted molar refractivity (Wildman–Crippen MR) is 82.9 cm³/mol. The Morgan fingerprint density at radius 3 is 2.41 bits per heavy atom. The summed E-state index contributed by atoms with van der Waals surface area (Å²) in [5, 5.41) is 9.37. The van der Waals surface area contributed by atoms with Crippen molar-refractivity contribution in [3.63, 3.8) is 0 Å². The van der Waals surface area contributed by atoms with Crippen molar-refractivity contribution in [1.82, 2.24) is 9.55 Å². The molecule has 2 aromatic heterocycles. The van der Waals surface area contributed by atoms with Crippen molar-refractivity contribution < 1.29 is 9.90 Å². The van der Waals surface area contributed by atoms with Crippen LogP contribution in [-0.4, -0.2) is 20.6 Å². The number of aromatic carboxylic acids is 1. The number of nitrogens with zero attached hydrogens (tertiary/aromatic N) is 2. The van der Waals surface area contributed by atoms with Crippen LogP contribution in [-0.2, 0) is 0 Å². The normalized spacial score (nSPS) is 9.82. The van der Waals surface area contributed by atoms with Crippen LogP contribution >= 0.6 is 0 Å². The number of carbonyl (C=O) groups is 1. The Morgan fingerprint density at radius 2 is 1.73 bits per heavy atom. The van der Waals surface area contributed by atoms with E-state index in [1.807, 2.05) is 42.5 Å². The second kappa shape index (κ2) is 5.98. The van der Waals surface area contributed by atoms with Crippen LogP contribution in [0.3, 0.4) is 0 Å². The second-order valence-electron chi connectivity index (χ2n) is 4.59. The van der Waals surface area contributed by atoms with Gasteiger partial charge in [-0.3, -0.25) is 4.98 Å². The first kappa shape index (κ1) is 13.7. The Morgan fingerprint density at radius 1 is 1.00 bits per heavy atom. The first-order valence-electron chi connectivity index (χ1n) is 6.67. The minimum atomic E-state index is -1.03. The molecule has 4 nitrogen and oxygen atoms in total. The fraction of sp³-hybridized carbons (Fsp3) is 0. The third-order valence-corrected chi connectivity index (χ3v) is 3.13. The fourth-order valence-electron chi connectivity index (χ4n) is 2.12. The summed E-state index contributed by atoms with van der Waals surface area (Å²) in [6, 6.07) is 13.2. The average molecular weight is 288 g/mol. The van der Waals surface area contributed by atoms with Gasteiger partial charge in [0.1, 0.15) is 5.56 Å². The lowest BCUT2D eigenvalue weighted by atomic mass is 10.1. The van der Waals surface area contributed by atoms with E-state index in [2.05, 4.69) is 16.8 Å². The Bertz CT molecular complexity index is 857. The van der Waals surface area contributed by atoms with Crippen LogP contribution in [0.2, 0.25) is 0 Å². The van der Waals surface area contributed by atoms with E-state index >= 15 is 0 Å². The highest BCUT2D eigenvalue weighted by Gasteiger charge is 2.15. The number of hydrogen-bond donors (Lipinski definition) is 1. The van der Waals surface area contributed by atoms with E-state index in [9.17, 15) is 9.90 Å². The lowest BCUT2D eigenvalue weighted by Crippen LogP contribution is -2.07. The van der Waals surface area contributed by atoms with E-state index in [-0.39, 0.29) is 5.56 Å². The number of aromatic nitrogens is 2. The van der Waals surface area contributed by atoms with E-state index in [0.29, 0.717) is 11.3 Å². The van der Waals surface area contributed by atoms with Gasteiger partial charge >= 0.3 is 5.97 Å². The van der Waals surface area contributed by atoms with Crippen LogP contribution in [0.5, 0.6) is 0 Å². The smallest absolute Gasteiger partial charge is 0.339 e. The number of hydrogen-bond acceptors (Lipinski definition) is 2. The molecule has 0 aliphatic heterocycles. The minimum Gasteiger partial charge on any atom is -0.478 e. The number of carboxylic acid groups (broad SMARTS) is 1. The molecule has 0 fully saturated rings. The lowest BCUT2D eigenvalue weighted by molar-refractivity contribution is 0.0696. The summed E-state index contributed by atoms with van der Waals surface area (Å²) in [7, 11) is 0. The van der Waals surface area contributed by atoms with Gasteiger partial charge in [-0.1, -0.05) is 30.0 Å². The molecule has 0 saturated heterocycles. The summed E-state index contributed by atoms with van der Waals surface area (Å²) >= 11 is 0. The van der Waals surface area contributed by atoms with Gasteiger partial charge in [0.05, 0.1) is 11.3 Å². The maximum absolute atomic E-state index is 11.4. The molecule has 0 saturated carbocycles. The summed E-state index contributed by atoms with van der Waals surface area (Å²) < 4.78 is 1.74. The Balaban J connectivity index is 2.15. The monoisotopic (exact) mass is 288 g/mol. The maximum Gasteiger partial charge on any atom is 0.339 e. The minimum absolute atomic E-state index is 0.121. The molecule has 0 atom stereocenters. The van der Waals surface area contributed by atoms with Gasteiger partial charge in [0.2, 0.25) is 0 Å². The Kier molecular flexibility index (Phi) is 3.71. The summed E-state index contributed by atoms with van der Waals surface area (Å²) in [4.78, 5) is 15.4. The third kappa shape index (κ3) is 2.74. The topological polar surface area (TPSA) is 55.1 Å². The third-order valence-electron chi connectivity index (χ3n) is 3.13. The molecule has 0 unspecified atom stereocenters. The molecule has 22 heavy (non-hydrogen) atoms. The van der Waals surface area contributed by atoms with Crippen molar-refractivity contribution in [1.29, 1.82) is 0 Å². The van der Waals surface area contributed by atoms with Crippen LogP contribution in [0.4, 0.5) is 0 Å². The van der Waals surface area contributed by atoms with E-state index in [4.69, 9.17) is 0 Å². The number of rotatable bonds is 2. The Hall–Kier alpha value is -3.32. The molecule has 3 aromatic rings. The zero-order valence-corrected chi connectivity index (χ0v) is 11.6. The zero-order valence-electron chi connectivity index (χ0n) is 11.6. The van der Waals surface area contributed by atoms with Gasteiger partial charge in [0.25, 0.3) is 0 Å². The molecule has 1 N–H and O–H groups in total. The molecule has 0 aliphatic carbocycles. The molecule has 106 valence electrons. The van der Waals surface area contributed by atoms with Gasteiger partial charge in [0, 0.05) is 30.4 Å². The van der Waals surface area contributed by atoms with Gasteiger partial charge in [-0.15, -0.1) is 0 Å². The van der Waals surface area contributed by atoms with Crippen LogP contribution in [0.15, 0.2) is 67.3 Å². The number of benzene rings is 1. The molecule has 4 heteroatoms. The van der Waals surface area contributed by atoms with E-state index in [1.54, 1.807) is 23.2 Å². The molecule has 1 aromatic carbocycles. The average Bonchev–Trinajstić information content (AvgIpc) is 3.07. The van der Waals surface area contributed by atoms with E-state index in [1.165, 1.54) is 6.20 Å². The molecule has 3 rings (SSSR count). The standard InChI is InChI=1S/C18H12N2O2/c21-18(22)16-13-19-12-15(17(16)20-10-4-5-11-20)9-8-14-6-2-1-3-7-14/h1-7,10-13H,(H,21,22). The first-order chi connectivity index (χ1) is 10.8. The zero-order chi connectivity index (χ0) is 15.4. The van der Waals surface area contributed by atoms with Gasteiger partial charge < -0.3 is 9.67 Å². The van der Waals surface area contributed by atoms with Crippen LogP contribution in [0.1, 0.15) is 21.5 Å². The summed E-state index contributed by atoms with van der Waals surface area (Å²) in [6.45, 7) is 0. The summed E-state index contributed by atoms with van der Waals surface area (Å²) in [5.41, 5.74) is 2.08. The van der Waals surface area contributed by atoms with Crippen LogP contribution < -0.4 is 0 Å². The molecule has 0 aliphatic rings. The molecule has 0 spiro atoms. The van der Waals surface area contributed by atoms with Crippen LogP contribution in [0.25, 0.3) is 5.69 Å².